The third-order valence-electron chi connectivity index (χ3n) is 15.3. The van der Waals surface area contributed by atoms with E-state index in [-0.39, 0.29) is 22.5 Å². The molecular weight excluding hydrogens is 954 g/mol. The van der Waals surface area contributed by atoms with Gasteiger partial charge in [0.25, 0.3) is 0 Å². The predicted molar refractivity (Wildman–Crippen MR) is 300 cm³/mol. The van der Waals surface area contributed by atoms with E-state index in [1.807, 2.05) is 69.8 Å². The van der Waals surface area contributed by atoms with E-state index in [2.05, 4.69) is 146 Å². The quantitative estimate of drug-likeness (QED) is 0.0890. The lowest BCUT2D eigenvalue weighted by molar-refractivity contribution is 0.381. The summed E-state index contributed by atoms with van der Waals surface area (Å²) in [6, 6.07) is 56.6. The molecule has 0 bridgehead atoms. The van der Waals surface area contributed by atoms with Crippen molar-refractivity contribution >= 4 is 43.6 Å². The Hall–Kier alpha value is -9.06. The van der Waals surface area contributed by atoms with Crippen LogP contribution in [0.1, 0.15) is 44.5 Å². The Morgan fingerprint density at radius 1 is 0.329 bits per heavy atom. The molecule has 12 aromatic rings. The van der Waals surface area contributed by atoms with Gasteiger partial charge in [-0.2, -0.15) is 5.26 Å². The van der Waals surface area contributed by atoms with Crippen LogP contribution >= 0.6 is 0 Å². The van der Waals surface area contributed by atoms with Crippen LogP contribution in [0.2, 0.25) is 0 Å². The maximum Gasteiger partial charge on any atom is 0.200 e. The molecule has 0 spiro atoms. The van der Waals surface area contributed by atoms with E-state index in [1.54, 1.807) is 0 Å². The van der Waals surface area contributed by atoms with E-state index >= 15 is 17.6 Å². The SMILES string of the molecule is Cc1ccc(-c2ccc3c(c2)c2cc(-c4ccccc4C)ccc2n3-c2cc(-c3c(F)c(F)c(F)c(F)c3F)cc(-n3c4ccc(-c5ccc(C)cc5C)cc4c4cc(-c5ccc(C)cc5C)ccc43)c2C#N)c(C)c1. The average Bonchev–Trinajstić information content (AvgIpc) is 4.09. The summed E-state index contributed by atoms with van der Waals surface area (Å²) in [7, 11) is 0. The Balaban J connectivity index is 1.22. The molecule has 10 aromatic carbocycles. The third kappa shape index (κ3) is 7.60. The number of nitriles is 1. The van der Waals surface area contributed by atoms with Crippen molar-refractivity contribution in [3.8, 4) is 73.1 Å². The number of hydrogen-bond donors (Lipinski definition) is 0. The van der Waals surface area contributed by atoms with Gasteiger partial charge in [-0.15, -0.1) is 0 Å². The van der Waals surface area contributed by atoms with Crippen LogP contribution in [0.3, 0.4) is 0 Å². The predicted octanol–water partition coefficient (Wildman–Crippen LogP) is 18.9. The van der Waals surface area contributed by atoms with Gasteiger partial charge in [0.2, 0.25) is 5.82 Å². The molecule has 0 atom stereocenters. The van der Waals surface area contributed by atoms with E-state index in [4.69, 9.17) is 0 Å². The molecule has 0 fully saturated rings. The molecule has 0 saturated heterocycles. The minimum absolute atomic E-state index is 0.101. The Kier molecular flexibility index (Phi) is 11.4. The fourth-order valence-corrected chi connectivity index (χ4v) is 11.6. The van der Waals surface area contributed by atoms with Crippen molar-refractivity contribution in [2.45, 2.75) is 48.5 Å². The first-order valence-electron chi connectivity index (χ1n) is 25.2. The number of aryl methyl sites for hydroxylation is 7. The summed E-state index contributed by atoms with van der Waals surface area (Å²) < 4.78 is 82.6. The first-order chi connectivity index (χ1) is 36.6. The fourth-order valence-electron chi connectivity index (χ4n) is 11.6. The number of fused-ring (bicyclic) bond motifs is 6. The highest BCUT2D eigenvalue weighted by atomic mass is 19.2. The topological polar surface area (TPSA) is 33.6 Å². The van der Waals surface area contributed by atoms with E-state index in [0.29, 0.717) is 22.1 Å². The Morgan fingerprint density at radius 2 is 0.658 bits per heavy atom. The van der Waals surface area contributed by atoms with Crippen molar-refractivity contribution in [3.05, 3.63) is 237 Å². The number of halogens is 5. The van der Waals surface area contributed by atoms with E-state index in [0.717, 1.165) is 105 Å². The van der Waals surface area contributed by atoms with Crippen molar-refractivity contribution in [3.63, 3.8) is 0 Å². The zero-order chi connectivity index (χ0) is 53.0. The monoisotopic (exact) mass is 1000 g/mol. The lowest BCUT2D eigenvalue weighted by Crippen LogP contribution is -2.08. The molecule has 2 heterocycles. The highest BCUT2D eigenvalue weighted by molar-refractivity contribution is 6.14. The summed E-state index contributed by atoms with van der Waals surface area (Å²) >= 11 is 0. The van der Waals surface area contributed by atoms with Crippen molar-refractivity contribution in [1.29, 1.82) is 5.26 Å². The van der Waals surface area contributed by atoms with Gasteiger partial charge in [-0.1, -0.05) is 120 Å². The van der Waals surface area contributed by atoms with Gasteiger partial charge in [-0.3, -0.25) is 0 Å². The fraction of sp³-hybridized carbons (Fsp3) is 0.103. The van der Waals surface area contributed by atoms with Gasteiger partial charge in [0, 0.05) is 21.5 Å². The standard InChI is InChI=1S/C68H48F5N3/c1-36-12-19-49(40(5)26-36)44-16-23-58-53(30-44)52-29-43(48-11-9-8-10-39(48)4)15-22-57(52)75(58)61-33-47(63-64(69)66(71)68(73)67(72)65(63)70)34-62(56(61)35-74)76-59-24-17-45(50-20-13-37(2)27-41(50)6)31-54(59)55-32-46(18-25-60(55)76)51-21-14-38(3)28-42(51)7/h8-34H,1-7H3. The van der Waals surface area contributed by atoms with E-state index < -0.39 is 34.6 Å². The molecule has 370 valence electrons. The van der Waals surface area contributed by atoms with Gasteiger partial charge < -0.3 is 9.13 Å². The summed E-state index contributed by atoms with van der Waals surface area (Å²) in [6.07, 6.45) is 0. The highest BCUT2D eigenvalue weighted by Crippen LogP contribution is 2.45. The van der Waals surface area contributed by atoms with Gasteiger partial charge >= 0.3 is 0 Å². The molecule has 8 heteroatoms. The second-order valence-electron chi connectivity index (χ2n) is 20.3. The molecule has 0 N–H and O–H groups in total. The molecule has 0 aliphatic rings. The normalized spacial score (nSPS) is 11.7. The number of benzene rings is 10. The van der Waals surface area contributed by atoms with Crippen LogP contribution in [0.5, 0.6) is 0 Å². The van der Waals surface area contributed by atoms with Crippen molar-refractivity contribution in [1.82, 2.24) is 9.13 Å². The summed E-state index contributed by atoms with van der Waals surface area (Å²) in [5.74, 6) is -10.4. The number of hydrogen-bond acceptors (Lipinski definition) is 1. The summed E-state index contributed by atoms with van der Waals surface area (Å²) in [6.45, 7) is 14.4. The Morgan fingerprint density at radius 3 is 0.987 bits per heavy atom. The zero-order valence-corrected chi connectivity index (χ0v) is 42.8. The van der Waals surface area contributed by atoms with Gasteiger partial charge in [-0.25, -0.2) is 22.0 Å². The molecule has 0 unspecified atom stereocenters. The minimum atomic E-state index is -2.26. The average molecular weight is 1000 g/mol. The minimum Gasteiger partial charge on any atom is -0.308 e. The molecular formula is C68H48F5N3. The van der Waals surface area contributed by atoms with Crippen LogP contribution in [0.4, 0.5) is 22.0 Å². The van der Waals surface area contributed by atoms with Crippen LogP contribution in [-0.2, 0) is 0 Å². The Labute approximate surface area is 437 Å². The molecule has 12 rings (SSSR count). The van der Waals surface area contributed by atoms with Gasteiger partial charge in [0.05, 0.1) is 39.0 Å². The summed E-state index contributed by atoms with van der Waals surface area (Å²) in [5.41, 5.74) is 17.3. The molecule has 0 radical (unpaired) electrons. The number of nitrogens with zero attached hydrogens (tertiary/aromatic N) is 3. The number of aromatic nitrogens is 2. The van der Waals surface area contributed by atoms with Crippen molar-refractivity contribution in [2.75, 3.05) is 0 Å². The maximum atomic E-state index is 16.5. The molecule has 0 aliphatic carbocycles. The van der Waals surface area contributed by atoms with Crippen LogP contribution < -0.4 is 0 Å². The lowest BCUT2D eigenvalue weighted by Gasteiger charge is -2.19. The van der Waals surface area contributed by atoms with Gasteiger partial charge in [0.1, 0.15) is 11.6 Å². The number of rotatable bonds is 7. The molecule has 0 amide bonds. The second-order valence-corrected chi connectivity index (χ2v) is 20.3. The highest BCUT2D eigenvalue weighted by Gasteiger charge is 2.30. The van der Waals surface area contributed by atoms with Gasteiger partial charge in [0.15, 0.2) is 23.3 Å². The molecule has 0 saturated carbocycles. The van der Waals surface area contributed by atoms with E-state index in [9.17, 15) is 9.65 Å². The van der Waals surface area contributed by atoms with Crippen molar-refractivity contribution < 1.29 is 22.0 Å². The van der Waals surface area contributed by atoms with Crippen LogP contribution in [0.15, 0.2) is 164 Å². The smallest absolute Gasteiger partial charge is 0.200 e. The van der Waals surface area contributed by atoms with Crippen LogP contribution in [-0.4, -0.2) is 9.13 Å². The van der Waals surface area contributed by atoms with Crippen molar-refractivity contribution in [2.24, 2.45) is 0 Å². The first kappa shape index (κ1) is 47.9. The molecule has 0 aliphatic heterocycles. The third-order valence-corrected chi connectivity index (χ3v) is 15.3. The largest absolute Gasteiger partial charge is 0.308 e. The summed E-state index contributed by atoms with van der Waals surface area (Å²) in [4.78, 5) is 0. The van der Waals surface area contributed by atoms with Gasteiger partial charge in [-0.05, 0) is 181 Å². The zero-order valence-electron chi connectivity index (χ0n) is 42.8. The first-order valence-corrected chi connectivity index (χ1v) is 25.2. The van der Waals surface area contributed by atoms with Crippen LogP contribution in [0, 0.1) is 88.9 Å². The molecule has 2 aromatic heterocycles. The second kappa shape index (κ2) is 18.1. The Bertz CT molecular complexity index is 4370. The maximum absolute atomic E-state index is 16.5. The van der Waals surface area contributed by atoms with E-state index in [1.165, 1.54) is 12.1 Å². The molecule has 76 heavy (non-hydrogen) atoms. The molecule has 3 nitrogen and oxygen atoms in total. The lowest BCUT2D eigenvalue weighted by atomic mass is 9.95. The van der Waals surface area contributed by atoms with Crippen LogP contribution in [0.25, 0.3) is 111 Å². The summed E-state index contributed by atoms with van der Waals surface area (Å²) in [5, 5.41) is 15.0.